The number of hydrogen-bond acceptors (Lipinski definition) is 8. The van der Waals surface area contributed by atoms with Crippen LogP contribution in [0.5, 0.6) is 0 Å². The van der Waals surface area contributed by atoms with Crippen molar-refractivity contribution in [2.24, 2.45) is 23.7 Å². The molecule has 8 heteroatoms. The van der Waals surface area contributed by atoms with Gasteiger partial charge in [0.05, 0.1) is 17.8 Å². The average molecular weight is 370 g/mol. The lowest BCUT2D eigenvalue weighted by Crippen LogP contribution is -2.48. The van der Waals surface area contributed by atoms with Crippen LogP contribution in [0.15, 0.2) is 0 Å². The molecule has 0 spiro atoms. The van der Waals surface area contributed by atoms with Crippen LogP contribution in [0, 0.1) is 23.7 Å². The Morgan fingerprint density at radius 3 is 1.83 bits per heavy atom. The minimum absolute atomic E-state index is 0.0993. The van der Waals surface area contributed by atoms with Crippen LogP contribution >= 0.6 is 23.5 Å². The van der Waals surface area contributed by atoms with E-state index in [9.17, 15) is 19.5 Å². The van der Waals surface area contributed by atoms with Gasteiger partial charge in [0.2, 0.25) is 6.29 Å². The van der Waals surface area contributed by atoms with E-state index in [1.807, 2.05) is 23.5 Å². The average Bonchev–Trinajstić information content (AvgIpc) is 2.98. The molecule has 9 atom stereocenters. The lowest BCUT2D eigenvalue weighted by atomic mass is 9.79. The topological polar surface area (TPSA) is 89.9 Å². The molecule has 5 aliphatic rings. The summed E-state index contributed by atoms with van der Waals surface area (Å²) in [7, 11) is 0. The molecule has 1 N–H and O–H groups in total. The zero-order chi connectivity index (χ0) is 16.6. The van der Waals surface area contributed by atoms with Crippen LogP contribution in [0.3, 0.4) is 0 Å². The molecule has 0 aromatic carbocycles. The first-order valence-corrected chi connectivity index (χ1v) is 10.3. The smallest absolute Gasteiger partial charge is 0.317 e. The largest absolute Gasteiger partial charge is 0.435 e. The van der Waals surface area contributed by atoms with Crippen molar-refractivity contribution in [3.8, 4) is 0 Å². The number of rotatable bonds is 0. The van der Waals surface area contributed by atoms with Gasteiger partial charge in [-0.15, -0.1) is 0 Å². The molecule has 2 saturated carbocycles. The fourth-order valence-corrected chi connectivity index (χ4v) is 9.07. The van der Waals surface area contributed by atoms with Gasteiger partial charge in [0, 0.05) is 26.9 Å². The third-order valence-electron chi connectivity index (χ3n) is 6.21. The summed E-state index contributed by atoms with van der Waals surface area (Å²) in [6.07, 6.45) is 1.95. The van der Waals surface area contributed by atoms with Crippen molar-refractivity contribution < 1.29 is 29.0 Å². The van der Waals surface area contributed by atoms with Crippen molar-refractivity contribution in [2.75, 3.05) is 0 Å². The molecule has 0 amide bonds. The number of hydrogen-bond donors (Lipinski definition) is 1. The van der Waals surface area contributed by atoms with E-state index in [-0.39, 0.29) is 41.6 Å². The predicted octanol–water partition coefficient (Wildman–Crippen LogP) is 0.952. The number of carbonyl (C=O) groups is 3. The highest BCUT2D eigenvalue weighted by Crippen LogP contribution is 2.57. The quantitative estimate of drug-likeness (QED) is 0.498. The molecule has 5 fully saturated rings. The van der Waals surface area contributed by atoms with E-state index in [0.717, 1.165) is 12.8 Å². The highest BCUT2D eigenvalue weighted by atomic mass is 32.2. The number of esters is 3. The maximum atomic E-state index is 11.9. The monoisotopic (exact) mass is 370 g/mol. The third kappa shape index (κ3) is 2.18. The van der Waals surface area contributed by atoms with Crippen molar-refractivity contribution >= 4 is 41.4 Å². The Morgan fingerprint density at radius 1 is 0.750 bits per heavy atom. The number of aliphatic hydroxyl groups excluding tert-OH is 1. The molecule has 9 unspecified atom stereocenters. The molecule has 0 aromatic rings. The van der Waals surface area contributed by atoms with Crippen molar-refractivity contribution in [2.45, 2.75) is 53.0 Å². The van der Waals surface area contributed by atoms with E-state index in [4.69, 9.17) is 9.47 Å². The lowest BCUT2D eigenvalue weighted by Gasteiger charge is -2.48. The van der Waals surface area contributed by atoms with Gasteiger partial charge in [-0.1, -0.05) is 0 Å². The summed E-state index contributed by atoms with van der Waals surface area (Å²) < 4.78 is 9.85. The first-order chi connectivity index (χ1) is 11.5. The van der Waals surface area contributed by atoms with Gasteiger partial charge >= 0.3 is 17.9 Å². The molecule has 0 radical (unpaired) electrons. The Labute approximate surface area is 147 Å². The predicted molar refractivity (Wildman–Crippen MR) is 86.0 cm³/mol. The molecule has 6 nitrogen and oxygen atoms in total. The Bertz CT molecular complexity index is 624. The summed E-state index contributed by atoms with van der Waals surface area (Å²) in [5.74, 6) is -1.84. The molecule has 24 heavy (non-hydrogen) atoms. The number of ether oxygens (including phenoxy) is 2. The zero-order valence-corrected chi connectivity index (χ0v) is 14.5. The van der Waals surface area contributed by atoms with E-state index in [1.54, 1.807) is 0 Å². The zero-order valence-electron chi connectivity index (χ0n) is 12.8. The minimum Gasteiger partial charge on any atom is -0.435 e. The standard InChI is InChI=1S/C16H18O6S2/c17-13-5-1-9-10(2-6(5)14(18)21-13)24-12-4-8-7(3-11(12)23-9)15(19)22-16(8)20/h5-13,17H,1-4H2. The summed E-state index contributed by atoms with van der Waals surface area (Å²) >= 11 is 3.76. The van der Waals surface area contributed by atoms with Crippen LogP contribution in [-0.2, 0) is 23.9 Å². The van der Waals surface area contributed by atoms with Gasteiger partial charge in [0.15, 0.2) is 0 Å². The highest BCUT2D eigenvalue weighted by molar-refractivity contribution is 8.08. The first kappa shape index (κ1) is 15.5. The Kier molecular flexibility index (Phi) is 3.48. The number of fused-ring (bicyclic) bond motifs is 4. The molecular formula is C16H18O6S2. The van der Waals surface area contributed by atoms with E-state index >= 15 is 0 Å². The third-order valence-corrected chi connectivity index (χ3v) is 10.0. The Hall–Kier alpha value is -0.730. The second-order valence-corrected chi connectivity index (χ2v) is 10.4. The van der Waals surface area contributed by atoms with E-state index < -0.39 is 6.29 Å². The van der Waals surface area contributed by atoms with Gasteiger partial charge in [0.1, 0.15) is 0 Å². The van der Waals surface area contributed by atoms with Crippen molar-refractivity contribution in [1.82, 2.24) is 0 Å². The summed E-state index contributed by atoms with van der Waals surface area (Å²) in [6, 6.07) is 0. The summed E-state index contributed by atoms with van der Waals surface area (Å²) in [4.78, 5) is 35.6. The minimum atomic E-state index is -0.968. The fourth-order valence-electron chi connectivity index (χ4n) is 4.97. The summed E-state index contributed by atoms with van der Waals surface area (Å²) in [5, 5.41) is 11.3. The molecule has 2 aliphatic carbocycles. The lowest BCUT2D eigenvalue weighted by molar-refractivity contribution is -0.157. The maximum absolute atomic E-state index is 11.9. The first-order valence-electron chi connectivity index (χ1n) is 8.46. The van der Waals surface area contributed by atoms with Gasteiger partial charge in [-0.2, -0.15) is 23.5 Å². The Morgan fingerprint density at radius 2 is 1.25 bits per heavy atom. The van der Waals surface area contributed by atoms with Gasteiger partial charge in [-0.3, -0.25) is 14.4 Å². The second-order valence-electron chi connectivity index (χ2n) is 7.42. The fraction of sp³-hybridized carbons (Fsp3) is 0.812. The van der Waals surface area contributed by atoms with Gasteiger partial charge in [-0.25, -0.2) is 0 Å². The molecule has 0 bridgehead atoms. The van der Waals surface area contributed by atoms with Crippen LogP contribution < -0.4 is 0 Å². The second kappa shape index (κ2) is 5.38. The molecule has 3 aliphatic heterocycles. The van der Waals surface area contributed by atoms with Crippen molar-refractivity contribution in [3.63, 3.8) is 0 Å². The van der Waals surface area contributed by atoms with Gasteiger partial charge in [-0.05, 0) is 25.7 Å². The van der Waals surface area contributed by atoms with Crippen LogP contribution in [0.2, 0.25) is 0 Å². The van der Waals surface area contributed by atoms with Crippen molar-refractivity contribution in [1.29, 1.82) is 0 Å². The Balaban J connectivity index is 1.35. The van der Waals surface area contributed by atoms with Crippen LogP contribution in [0.4, 0.5) is 0 Å². The molecule has 3 saturated heterocycles. The van der Waals surface area contributed by atoms with E-state index in [1.165, 1.54) is 0 Å². The maximum Gasteiger partial charge on any atom is 0.317 e. The number of thioether (sulfide) groups is 2. The summed E-state index contributed by atoms with van der Waals surface area (Å²) in [6.45, 7) is 0. The van der Waals surface area contributed by atoms with Crippen LogP contribution in [-0.4, -0.2) is 50.3 Å². The molecule has 5 rings (SSSR count). The SMILES string of the molecule is O=C1OC(=O)C2CC3SC4CC5C(O)OC(=O)C5CC4SC3CC12. The normalized spacial score (nSPS) is 52.7. The van der Waals surface area contributed by atoms with Gasteiger partial charge in [0.25, 0.3) is 0 Å². The molecule has 3 heterocycles. The van der Waals surface area contributed by atoms with Crippen LogP contribution in [0.1, 0.15) is 25.7 Å². The summed E-state index contributed by atoms with van der Waals surface area (Å²) in [5.41, 5.74) is 0. The molecule has 130 valence electrons. The molecule has 0 aromatic heterocycles. The van der Waals surface area contributed by atoms with Crippen LogP contribution in [0.25, 0.3) is 0 Å². The molecular weight excluding hydrogens is 352 g/mol. The van der Waals surface area contributed by atoms with E-state index in [2.05, 4.69) is 0 Å². The highest BCUT2D eigenvalue weighted by Gasteiger charge is 2.57. The number of carbonyl (C=O) groups excluding carboxylic acids is 3. The van der Waals surface area contributed by atoms with Gasteiger partial charge < -0.3 is 14.6 Å². The number of aliphatic hydroxyl groups is 1. The van der Waals surface area contributed by atoms with Crippen molar-refractivity contribution in [3.05, 3.63) is 0 Å². The van der Waals surface area contributed by atoms with E-state index in [0.29, 0.717) is 33.8 Å². The number of cyclic esters (lactones) is 3.